The van der Waals surface area contributed by atoms with Crippen LogP contribution in [0.3, 0.4) is 0 Å². The highest BCUT2D eigenvalue weighted by atomic mass is 35.5. The van der Waals surface area contributed by atoms with Crippen LogP contribution in [0.2, 0.25) is 5.02 Å². The van der Waals surface area contributed by atoms with Crippen molar-refractivity contribution >= 4 is 23.3 Å². The van der Waals surface area contributed by atoms with Gasteiger partial charge in [-0.3, -0.25) is 19.7 Å². The quantitative estimate of drug-likeness (QED) is 0.508. The lowest BCUT2D eigenvalue weighted by Crippen LogP contribution is -2.10. The Labute approximate surface area is 136 Å². The van der Waals surface area contributed by atoms with Crippen LogP contribution in [0.4, 0.5) is 18.9 Å². The Kier molecular flexibility index (Phi) is 4.49. The summed E-state index contributed by atoms with van der Waals surface area (Å²) in [6.45, 7) is 0. The highest BCUT2D eigenvalue weighted by Crippen LogP contribution is 2.42. The maximum Gasteiger partial charge on any atom is 0.435 e. The Hall–Kier alpha value is -2.66. The molecular weight excluding hydrogens is 359 g/mol. The summed E-state index contributed by atoms with van der Waals surface area (Å²) in [7, 11) is 0.993. The molecule has 0 aliphatic carbocycles. The molecular formula is C12H7ClF3N3O5. The number of carbonyl (C=O) groups excluding carboxylic acids is 1. The van der Waals surface area contributed by atoms with Crippen LogP contribution in [0.25, 0.3) is 11.1 Å². The van der Waals surface area contributed by atoms with Crippen molar-refractivity contribution < 1.29 is 33.0 Å². The molecule has 1 N–H and O–H groups in total. The van der Waals surface area contributed by atoms with Crippen molar-refractivity contribution in [2.45, 2.75) is 6.18 Å². The largest absolute Gasteiger partial charge is 0.435 e. The number of benzene rings is 1. The number of aryl methyl sites for hydroxylation is 1. The van der Waals surface area contributed by atoms with E-state index in [-0.39, 0.29) is 5.02 Å². The van der Waals surface area contributed by atoms with Gasteiger partial charge in [0.2, 0.25) is 0 Å². The zero-order valence-corrected chi connectivity index (χ0v) is 12.4. The molecule has 0 spiro atoms. The molecule has 8 nitrogen and oxygen atoms in total. The van der Waals surface area contributed by atoms with Gasteiger partial charge in [0.05, 0.1) is 16.1 Å². The first kappa shape index (κ1) is 17.7. The molecule has 0 aliphatic rings. The monoisotopic (exact) mass is 365 g/mol. The molecule has 1 heterocycles. The number of rotatable bonds is 3. The summed E-state index contributed by atoms with van der Waals surface area (Å²) in [6, 6.07) is 2.89. The zero-order valence-electron chi connectivity index (χ0n) is 11.7. The fraction of sp³-hybridized carbons (Fsp3) is 0.167. The second kappa shape index (κ2) is 6.09. The van der Waals surface area contributed by atoms with Crippen LogP contribution in [-0.2, 0) is 18.1 Å². The average Bonchev–Trinajstić information content (AvgIpc) is 2.83. The number of halogens is 4. The van der Waals surface area contributed by atoms with Gasteiger partial charge in [0.15, 0.2) is 11.4 Å². The minimum absolute atomic E-state index is 0.0887. The maximum absolute atomic E-state index is 13.2. The lowest BCUT2D eigenvalue weighted by Gasteiger charge is -2.08. The Bertz CT molecular complexity index is 834. The molecule has 2 rings (SSSR count). The van der Waals surface area contributed by atoms with Gasteiger partial charge in [0, 0.05) is 18.1 Å². The number of hydrogen-bond donors (Lipinski definition) is 1. The van der Waals surface area contributed by atoms with Gasteiger partial charge in [-0.25, -0.2) is 4.79 Å². The van der Waals surface area contributed by atoms with E-state index >= 15 is 0 Å². The summed E-state index contributed by atoms with van der Waals surface area (Å²) in [6.07, 6.45) is -5.02. The molecule has 0 amide bonds. The summed E-state index contributed by atoms with van der Waals surface area (Å²) in [5.74, 6) is -1.56. The lowest BCUT2D eigenvalue weighted by molar-refractivity contribution is -0.384. The average molecular weight is 366 g/mol. The molecule has 24 heavy (non-hydrogen) atoms. The third kappa shape index (κ3) is 3.03. The smallest absolute Gasteiger partial charge is 0.294 e. The van der Waals surface area contributed by atoms with Crippen LogP contribution in [-0.4, -0.2) is 25.9 Å². The molecule has 0 fully saturated rings. The minimum Gasteiger partial charge on any atom is -0.294 e. The maximum atomic E-state index is 13.2. The first-order chi connectivity index (χ1) is 11.1. The van der Waals surface area contributed by atoms with E-state index in [9.17, 15) is 28.1 Å². The molecule has 1 aromatic heterocycles. The lowest BCUT2D eigenvalue weighted by atomic mass is 10.0. The van der Waals surface area contributed by atoms with Gasteiger partial charge in [-0.15, -0.1) is 0 Å². The van der Waals surface area contributed by atoms with Gasteiger partial charge in [0.25, 0.3) is 5.69 Å². The summed E-state index contributed by atoms with van der Waals surface area (Å²) < 4.78 is 40.2. The van der Waals surface area contributed by atoms with E-state index in [2.05, 4.69) is 9.99 Å². The molecule has 128 valence electrons. The Morgan fingerprint density at radius 2 is 2.08 bits per heavy atom. The van der Waals surface area contributed by atoms with E-state index in [1.54, 1.807) is 0 Å². The number of nitro groups is 1. The van der Waals surface area contributed by atoms with Gasteiger partial charge in [-0.2, -0.15) is 23.5 Å². The van der Waals surface area contributed by atoms with E-state index in [0.29, 0.717) is 4.68 Å². The SMILES string of the molecule is Cn1nc(C(F)(F)F)c(-c2ccc(Cl)cc2[N+](=O)[O-])c1C(=O)OO. The second-order valence-corrected chi connectivity index (χ2v) is 4.93. The number of alkyl halides is 3. The predicted molar refractivity (Wildman–Crippen MR) is 73.4 cm³/mol. The minimum atomic E-state index is -5.02. The van der Waals surface area contributed by atoms with E-state index in [1.807, 2.05) is 0 Å². The third-order valence-electron chi connectivity index (χ3n) is 3.02. The van der Waals surface area contributed by atoms with Crippen LogP contribution in [0.5, 0.6) is 0 Å². The normalized spacial score (nSPS) is 11.4. The van der Waals surface area contributed by atoms with Crippen LogP contribution < -0.4 is 0 Å². The summed E-state index contributed by atoms with van der Waals surface area (Å²) in [5.41, 5.74) is -4.57. The molecule has 0 unspecified atom stereocenters. The number of carbonyl (C=O) groups is 1. The van der Waals surface area contributed by atoms with Crippen molar-refractivity contribution in [3.63, 3.8) is 0 Å². The molecule has 0 atom stereocenters. The van der Waals surface area contributed by atoms with Gasteiger partial charge in [0.1, 0.15) is 0 Å². The zero-order chi connectivity index (χ0) is 18.2. The van der Waals surface area contributed by atoms with Gasteiger partial charge in [-0.05, 0) is 12.1 Å². The summed E-state index contributed by atoms with van der Waals surface area (Å²) in [5, 5.41) is 22.7. The first-order valence-corrected chi connectivity index (χ1v) is 6.40. The van der Waals surface area contributed by atoms with Crippen LogP contribution >= 0.6 is 11.6 Å². The highest BCUT2D eigenvalue weighted by molar-refractivity contribution is 6.31. The molecule has 0 saturated carbocycles. The highest BCUT2D eigenvalue weighted by Gasteiger charge is 2.42. The Morgan fingerprint density at radius 1 is 1.46 bits per heavy atom. The summed E-state index contributed by atoms with van der Waals surface area (Å²) >= 11 is 5.63. The molecule has 0 aliphatic heterocycles. The van der Waals surface area contributed by atoms with E-state index in [0.717, 1.165) is 25.2 Å². The van der Waals surface area contributed by atoms with Gasteiger partial charge in [-0.1, -0.05) is 11.6 Å². The third-order valence-corrected chi connectivity index (χ3v) is 3.25. The van der Waals surface area contributed by atoms with E-state index < -0.39 is 45.3 Å². The number of nitro benzene ring substituents is 1. The van der Waals surface area contributed by atoms with Crippen molar-refractivity contribution in [2.24, 2.45) is 7.05 Å². The number of nitrogens with zero attached hydrogens (tertiary/aromatic N) is 3. The topological polar surface area (TPSA) is 107 Å². The molecule has 0 radical (unpaired) electrons. The molecule has 0 bridgehead atoms. The van der Waals surface area contributed by atoms with Crippen molar-refractivity contribution in [3.8, 4) is 11.1 Å². The summed E-state index contributed by atoms with van der Waals surface area (Å²) in [4.78, 5) is 25.3. The molecule has 12 heteroatoms. The van der Waals surface area contributed by atoms with E-state index in [1.165, 1.54) is 0 Å². The van der Waals surface area contributed by atoms with Crippen molar-refractivity contribution in [1.29, 1.82) is 0 Å². The van der Waals surface area contributed by atoms with E-state index in [4.69, 9.17) is 16.9 Å². The van der Waals surface area contributed by atoms with Crippen molar-refractivity contribution in [3.05, 3.63) is 44.7 Å². The van der Waals surface area contributed by atoms with Crippen LogP contribution in [0.15, 0.2) is 18.2 Å². The second-order valence-electron chi connectivity index (χ2n) is 4.49. The van der Waals surface area contributed by atoms with Crippen LogP contribution in [0, 0.1) is 10.1 Å². The standard InChI is InChI=1S/C12H7ClF3N3O5/c1-18-9(11(20)24-23)8(10(17-18)12(14,15)16)6-3-2-5(13)4-7(6)19(21)22/h2-4,23H,1H3. The Balaban J connectivity index is 2.92. The predicted octanol–water partition coefficient (Wildman–Crippen LogP) is 3.30. The fourth-order valence-electron chi connectivity index (χ4n) is 2.12. The molecule has 1 aromatic carbocycles. The number of hydrogen-bond acceptors (Lipinski definition) is 6. The fourth-order valence-corrected chi connectivity index (χ4v) is 2.29. The molecule has 0 saturated heterocycles. The van der Waals surface area contributed by atoms with Crippen molar-refractivity contribution in [2.75, 3.05) is 0 Å². The molecule has 2 aromatic rings. The van der Waals surface area contributed by atoms with Crippen molar-refractivity contribution in [1.82, 2.24) is 9.78 Å². The Morgan fingerprint density at radius 3 is 2.58 bits per heavy atom. The number of aromatic nitrogens is 2. The van der Waals surface area contributed by atoms with Gasteiger partial charge < -0.3 is 0 Å². The first-order valence-electron chi connectivity index (χ1n) is 6.02. The van der Waals surface area contributed by atoms with Gasteiger partial charge >= 0.3 is 12.1 Å². The van der Waals surface area contributed by atoms with Crippen LogP contribution in [0.1, 0.15) is 16.2 Å².